The van der Waals surface area contributed by atoms with Gasteiger partial charge in [-0.25, -0.2) is 9.18 Å². The zero-order valence-electron chi connectivity index (χ0n) is 25.4. The summed E-state index contributed by atoms with van der Waals surface area (Å²) in [6.07, 6.45) is 0.461. The molecule has 0 aliphatic carbocycles. The number of para-hydroxylation sites is 1. The van der Waals surface area contributed by atoms with Crippen LogP contribution in [0.15, 0.2) is 97.1 Å². The molecule has 8 nitrogen and oxygen atoms in total. The Morgan fingerprint density at radius 1 is 0.935 bits per heavy atom. The quantitative estimate of drug-likeness (QED) is 0.141. The molecule has 0 saturated carbocycles. The number of amides is 2. The summed E-state index contributed by atoms with van der Waals surface area (Å²) in [6, 6.07) is 27.3. The van der Waals surface area contributed by atoms with Gasteiger partial charge in [-0.1, -0.05) is 66.7 Å². The number of halogens is 1. The van der Waals surface area contributed by atoms with Crippen molar-refractivity contribution in [1.29, 1.82) is 0 Å². The first-order valence-electron chi connectivity index (χ1n) is 15.8. The second kappa shape index (κ2) is 14.0. The van der Waals surface area contributed by atoms with E-state index in [1.807, 2.05) is 66.7 Å². The van der Waals surface area contributed by atoms with Crippen LogP contribution >= 0.6 is 0 Å². The third-order valence-electron chi connectivity index (χ3n) is 9.02. The van der Waals surface area contributed by atoms with Gasteiger partial charge in [-0.05, 0) is 71.8 Å². The number of anilines is 1. The number of hydrogen-bond donors (Lipinski definition) is 5. The molecule has 46 heavy (non-hydrogen) atoms. The van der Waals surface area contributed by atoms with Gasteiger partial charge in [0.05, 0.1) is 43.1 Å². The van der Waals surface area contributed by atoms with E-state index in [1.54, 1.807) is 23.1 Å². The van der Waals surface area contributed by atoms with E-state index in [0.717, 1.165) is 16.7 Å². The summed E-state index contributed by atoms with van der Waals surface area (Å²) < 4.78 is 19.3. The molecule has 0 radical (unpaired) electrons. The standard InChI is InChI=1S/C37H39FN2O6/c38-27-16-13-24(14-17-27)33(43)8-4-7-32-36(40(37(45)39-32)28-5-2-1-3-6-28)31-18-15-26(19-34(31)44)23-9-11-25(12-10-23)35-21-29(42)20-30(22-41)46-35/h1-3,5-6,9-19,29-30,32-33,35-36,41-44H,4,7-8,20-22H2,(H,39,45). The van der Waals surface area contributed by atoms with Gasteiger partial charge >= 0.3 is 6.03 Å². The van der Waals surface area contributed by atoms with Gasteiger partial charge in [-0.3, -0.25) is 4.90 Å². The highest BCUT2D eigenvalue weighted by atomic mass is 19.1. The largest absolute Gasteiger partial charge is 0.508 e. The van der Waals surface area contributed by atoms with Crippen LogP contribution in [0.2, 0.25) is 0 Å². The van der Waals surface area contributed by atoms with Crippen LogP contribution in [-0.2, 0) is 4.74 Å². The Labute approximate surface area is 267 Å². The second-order valence-electron chi connectivity index (χ2n) is 12.2. The molecule has 0 bridgehead atoms. The molecule has 2 amide bonds. The van der Waals surface area contributed by atoms with Gasteiger partial charge in [-0.15, -0.1) is 0 Å². The molecule has 9 heteroatoms. The molecular formula is C37H39FN2O6. The van der Waals surface area contributed by atoms with Crippen LogP contribution in [0.1, 0.15) is 67.0 Å². The summed E-state index contributed by atoms with van der Waals surface area (Å²) in [5.74, 6) is -0.298. The van der Waals surface area contributed by atoms with Crippen molar-refractivity contribution in [3.63, 3.8) is 0 Å². The molecule has 0 spiro atoms. The van der Waals surface area contributed by atoms with E-state index >= 15 is 0 Å². The number of rotatable bonds is 10. The van der Waals surface area contributed by atoms with Crippen molar-refractivity contribution in [3.05, 3.63) is 120 Å². The molecule has 240 valence electrons. The zero-order chi connectivity index (χ0) is 32.2. The highest BCUT2D eigenvalue weighted by Gasteiger charge is 2.42. The van der Waals surface area contributed by atoms with Gasteiger partial charge in [0.1, 0.15) is 11.6 Å². The molecule has 2 heterocycles. The number of nitrogens with one attached hydrogen (secondary N) is 1. The van der Waals surface area contributed by atoms with Crippen LogP contribution in [0.3, 0.4) is 0 Å². The number of benzene rings is 4. The fourth-order valence-corrected chi connectivity index (χ4v) is 6.63. The number of ether oxygens (including phenoxy) is 1. The smallest absolute Gasteiger partial charge is 0.322 e. The maximum atomic E-state index is 13.3. The van der Waals surface area contributed by atoms with Crippen LogP contribution in [0, 0.1) is 5.82 Å². The first-order valence-corrected chi connectivity index (χ1v) is 15.8. The lowest BCUT2D eigenvalue weighted by atomic mass is 9.91. The van der Waals surface area contributed by atoms with E-state index in [0.29, 0.717) is 48.9 Å². The molecule has 6 atom stereocenters. The topological polar surface area (TPSA) is 122 Å². The Kier molecular flexibility index (Phi) is 9.65. The number of phenolic OH excluding ortho intramolecular Hbond substituents is 1. The van der Waals surface area contributed by atoms with Gasteiger partial charge in [0.15, 0.2) is 0 Å². The predicted octanol–water partition coefficient (Wildman–Crippen LogP) is 6.32. The molecule has 4 aromatic carbocycles. The fourth-order valence-electron chi connectivity index (χ4n) is 6.63. The molecule has 2 aliphatic heterocycles. The van der Waals surface area contributed by atoms with Crippen molar-refractivity contribution in [3.8, 4) is 16.9 Å². The molecule has 2 fully saturated rings. The molecule has 2 aliphatic rings. The third kappa shape index (κ3) is 6.93. The molecular weight excluding hydrogens is 587 g/mol. The minimum Gasteiger partial charge on any atom is -0.508 e. The van der Waals surface area contributed by atoms with Crippen LogP contribution < -0.4 is 10.2 Å². The Morgan fingerprint density at radius 3 is 2.35 bits per heavy atom. The van der Waals surface area contributed by atoms with Crippen molar-refractivity contribution >= 4 is 11.7 Å². The maximum Gasteiger partial charge on any atom is 0.322 e. The highest BCUT2D eigenvalue weighted by Crippen LogP contribution is 2.41. The average molecular weight is 627 g/mol. The summed E-state index contributed by atoms with van der Waals surface area (Å²) in [4.78, 5) is 15.0. The van der Waals surface area contributed by atoms with Gasteiger partial charge in [0, 0.05) is 24.1 Å². The molecule has 6 rings (SSSR count). The van der Waals surface area contributed by atoms with Crippen molar-refractivity contribution < 1.29 is 34.3 Å². The predicted molar refractivity (Wildman–Crippen MR) is 173 cm³/mol. The highest BCUT2D eigenvalue weighted by molar-refractivity contribution is 5.96. The first kappa shape index (κ1) is 31.7. The summed E-state index contributed by atoms with van der Waals surface area (Å²) in [5.41, 5.74) is 4.53. The summed E-state index contributed by atoms with van der Waals surface area (Å²) in [5, 5.41) is 44.9. The van der Waals surface area contributed by atoms with Crippen molar-refractivity contribution in [2.24, 2.45) is 0 Å². The summed E-state index contributed by atoms with van der Waals surface area (Å²) >= 11 is 0. The number of nitrogens with zero attached hydrogens (tertiary/aromatic N) is 1. The van der Waals surface area contributed by atoms with E-state index in [4.69, 9.17) is 4.74 Å². The van der Waals surface area contributed by atoms with Crippen molar-refractivity contribution in [1.82, 2.24) is 5.32 Å². The van der Waals surface area contributed by atoms with E-state index in [2.05, 4.69) is 5.32 Å². The van der Waals surface area contributed by atoms with E-state index in [-0.39, 0.29) is 36.4 Å². The summed E-state index contributed by atoms with van der Waals surface area (Å²) in [6.45, 7) is -0.139. The number of carbonyl (C=O) groups excluding carboxylic acids is 1. The lowest BCUT2D eigenvalue weighted by molar-refractivity contribution is -0.113. The Hall–Kier alpha value is -4.28. The van der Waals surface area contributed by atoms with Crippen molar-refractivity contribution in [2.75, 3.05) is 11.5 Å². The van der Waals surface area contributed by atoms with Crippen LogP contribution in [0.4, 0.5) is 14.9 Å². The zero-order valence-corrected chi connectivity index (χ0v) is 25.4. The Balaban J connectivity index is 1.21. The number of carbonyl (C=O) groups is 1. The normalized spacial score (nSPS) is 23.7. The Bertz CT molecular complexity index is 1620. The molecule has 6 unspecified atom stereocenters. The third-order valence-corrected chi connectivity index (χ3v) is 9.02. The second-order valence-corrected chi connectivity index (χ2v) is 12.2. The molecule has 2 saturated heterocycles. The van der Waals surface area contributed by atoms with Crippen molar-refractivity contribution in [2.45, 2.75) is 68.6 Å². The number of aromatic hydroxyl groups is 1. The van der Waals surface area contributed by atoms with Crippen LogP contribution in [0.25, 0.3) is 11.1 Å². The summed E-state index contributed by atoms with van der Waals surface area (Å²) in [7, 11) is 0. The van der Waals surface area contributed by atoms with Crippen LogP contribution in [0.5, 0.6) is 5.75 Å². The Morgan fingerprint density at radius 2 is 1.65 bits per heavy atom. The van der Waals surface area contributed by atoms with Gasteiger partial charge < -0.3 is 30.5 Å². The van der Waals surface area contributed by atoms with E-state index in [1.165, 1.54) is 12.1 Å². The van der Waals surface area contributed by atoms with E-state index < -0.39 is 24.4 Å². The average Bonchev–Trinajstić information content (AvgIpc) is 3.40. The van der Waals surface area contributed by atoms with Gasteiger partial charge in [-0.2, -0.15) is 0 Å². The number of urea groups is 1. The lowest BCUT2D eigenvalue weighted by Crippen LogP contribution is -2.33. The molecule has 4 aromatic rings. The SMILES string of the molecule is O=C1NC(CCCC(O)c2ccc(F)cc2)C(c2ccc(-c3ccc(C4CC(O)CC(CO)O4)cc3)cc2O)N1c1ccccc1. The lowest BCUT2D eigenvalue weighted by Gasteiger charge is -2.32. The van der Waals surface area contributed by atoms with E-state index in [9.17, 15) is 29.6 Å². The monoisotopic (exact) mass is 626 g/mol. The number of phenols is 1. The first-order chi connectivity index (χ1) is 22.3. The minimum absolute atomic E-state index is 0.0601. The maximum absolute atomic E-state index is 13.3. The fraction of sp³-hybridized carbons (Fsp3) is 0.324. The van der Waals surface area contributed by atoms with Gasteiger partial charge in [0.2, 0.25) is 0 Å². The number of aliphatic hydroxyl groups excluding tert-OH is 3. The number of aliphatic hydroxyl groups is 3. The molecule has 0 aromatic heterocycles. The van der Waals surface area contributed by atoms with Crippen LogP contribution in [-0.4, -0.2) is 51.3 Å². The van der Waals surface area contributed by atoms with Gasteiger partial charge in [0.25, 0.3) is 0 Å². The number of hydrogen-bond acceptors (Lipinski definition) is 6. The molecule has 5 N–H and O–H groups in total. The minimum atomic E-state index is -0.758.